The summed E-state index contributed by atoms with van der Waals surface area (Å²) in [6, 6.07) is 12.9. The molecule has 1 unspecified atom stereocenters. The van der Waals surface area contributed by atoms with E-state index in [4.69, 9.17) is 0 Å². The molecule has 0 bridgehead atoms. The molecule has 31 heavy (non-hydrogen) atoms. The zero-order valence-electron chi connectivity index (χ0n) is 18.1. The molecule has 1 aliphatic heterocycles. The number of rotatable bonds is 7. The number of hydrogen-bond donors (Lipinski definition) is 2. The van der Waals surface area contributed by atoms with Gasteiger partial charge in [-0.2, -0.15) is 0 Å². The number of nitrogens with one attached hydrogen (secondary N) is 2. The zero-order valence-corrected chi connectivity index (χ0v) is 21.2. The second-order valence-corrected chi connectivity index (χ2v) is 9.85. The summed E-state index contributed by atoms with van der Waals surface area (Å²) in [4.78, 5) is 6.62. The van der Waals surface area contributed by atoms with Crippen LogP contribution >= 0.6 is 24.0 Å². The predicted octanol–water partition coefficient (Wildman–Crippen LogP) is 3.10. The largest absolute Gasteiger partial charge is 0.366 e. The summed E-state index contributed by atoms with van der Waals surface area (Å²) in [5, 5.41) is 6.48. The maximum absolute atomic E-state index is 13.7. The van der Waals surface area contributed by atoms with E-state index in [2.05, 4.69) is 51.7 Å². The van der Waals surface area contributed by atoms with Crippen molar-refractivity contribution in [1.82, 2.24) is 10.6 Å². The minimum absolute atomic E-state index is 0. The van der Waals surface area contributed by atoms with E-state index in [1.807, 2.05) is 0 Å². The van der Waals surface area contributed by atoms with Gasteiger partial charge in [0, 0.05) is 44.7 Å². The molecule has 1 heterocycles. The van der Waals surface area contributed by atoms with E-state index >= 15 is 0 Å². The highest BCUT2D eigenvalue weighted by Crippen LogP contribution is 2.28. The van der Waals surface area contributed by atoms with Crippen molar-refractivity contribution in [3.63, 3.8) is 0 Å². The number of para-hydroxylation sites is 1. The van der Waals surface area contributed by atoms with Crippen LogP contribution in [0.25, 0.3) is 0 Å². The topological polar surface area (TPSA) is 73.8 Å². The second kappa shape index (κ2) is 11.1. The van der Waals surface area contributed by atoms with Gasteiger partial charge in [-0.1, -0.05) is 24.3 Å². The first-order valence-corrected chi connectivity index (χ1v) is 12.1. The van der Waals surface area contributed by atoms with Gasteiger partial charge >= 0.3 is 0 Å². The number of guanidine groups is 1. The number of anilines is 1. The maximum Gasteiger partial charge on any atom is 0.191 e. The fourth-order valence-electron chi connectivity index (χ4n) is 3.76. The summed E-state index contributed by atoms with van der Waals surface area (Å²) in [6.45, 7) is 4.13. The molecule has 0 amide bonds. The van der Waals surface area contributed by atoms with Crippen LogP contribution in [0.2, 0.25) is 0 Å². The van der Waals surface area contributed by atoms with Crippen molar-refractivity contribution in [2.24, 2.45) is 4.99 Å². The second-order valence-electron chi connectivity index (χ2n) is 7.71. The number of fused-ring (bicyclic) bond motifs is 1. The molecule has 1 atom stereocenters. The molecule has 0 spiro atoms. The first kappa shape index (κ1) is 25.4. The smallest absolute Gasteiger partial charge is 0.191 e. The molecule has 3 rings (SSSR count). The molecular formula is C22H30FIN4O2S. The molecule has 0 saturated carbocycles. The van der Waals surface area contributed by atoms with Crippen LogP contribution in [0.5, 0.6) is 0 Å². The molecule has 0 aromatic heterocycles. The Kier molecular flexibility index (Phi) is 9.11. The van der Waals surface area contributed by atoms with Crippen LogP contribution < -0.4 is 15.5 Å². The first-order valence-electron chi connectivity index (χ1n) is 10.0. The minimum atomic E-state index is -3.21. The molecule has 2 aromatic rings. The quantitative estimate of drug-likeness (QED) is 0.310. The molecule has 2 aromatic carbocycles. The van der Waals surface area contributed by atoms with Gasteiger partial charge in [-0.05, 0) is 48.2 Å². The van der Waals surface area contributed by atoms with Crippen LogP contribution in [0.15, 0.2) is 47.5 Å². The zero-order chi connectivity index (χ0) is 21.7. The van der Waals surface area contributed by atoms with Crippen LogP contribution in [0.3, 0.4) is 0 Å². The third-order valence-electron chi connectivity index (χ3n) is 5.28. The van der Waals surface area contributed by atoms with Crippen LogP contribution in [0.1, 0.15) is 23.6 Å². The number of halogens is 2. The molecule has 0 aliphatic carbocycles. The summed E-state index contributed by atoms with van der Waals surface area (Å²) in [5.74, 6) is 0.0686. The molecule has 9 heteroatoms. The van der Waals surface area contributed by atoms with Crippen molar-refractivity contribution in [2.45, 2.75) is 31.7 Å². The van der Waals surface area contributed by atoms with Gasteiger partial charge in [-0.3, -0.25) is 4.99 Å². The van der Waals surface area contributed by atoms with E-state index in [9.17, 15) is 12.8 Å². The fourth-order valence-corrected chi connectivity index (χ4v) is 4.60. The number of hydrogen-bond acceptors (Lipinski definition) is 4. The van der Waals surface area contributed by atoms with Crippen molar-refractivity contribution < 1.29 is 12.8 Å². The van der Waals surface area contributed by atoms with Gasteiger partial charge in [-0.25, -0.2) is 12.8 Å². The predicted molar refractivity (Wildman–Crippen MR) is 136 cm³/mol. The Morgan fingerprint density at radius 2 is 1.94 bits per heavy atom. The maximum atomic E-state index is 13.7. The third-order valence-corrected chi connectivity index (χ3v) is 6.11. The summed E-state index contributed by atoms with van der Waals surface area (Å²) >= 11 is 0. The molecule has 2 N–H and O–H groups in total. The lowest BCUT2D eigenvalue weighted by atomic mass is 10.1. The first-order chi connectivity index (χ1) is 14.3. The Balaban J connectivity index is 0.00000341. The van der Waals surface area contributed by atoms with Crippen molar-refractivity contribution in [3.8, 4) is 0 Å². The van der Waals surface area contributed by atoms with E-state index in [0.29, 0.717) is 23.6 Å². The standard InChI is InChI=1S/C22H29FN4O2S.HI/c1-16(27-11-10-17-6-4-5-7-21(17)27)13-25-22(24-2)26-14-19-12-20(23)9-8-18(19)15-30(3,28)29;/h4-9,12,16H,10-11,13-15H2,1-3H3,(H2,24,25,26);1H. The van der Waals surface area contributed by atoms with Crippen LogP contribution in [-0.4, -0.2) is 46.8 Å². The van der Waals surface area contributed by atoms with Gasteiger partial charge in [0.25, 0.3) is 0 Å². The highest BCUT2D eigenvalue weighted by atomic mass is 127. The molecule has 1 aliphatic rings. The third kappa shape index (κ3) is 7.06. The van der Waals surface area contributed by atoms with Crippen LogP contribution in [0, 0.1) is 5.82 Å². The monoisotopic (exact) mass is 560 g/mol. The van der Waals surface area contributed by atoms with E-state index < -0.39 is 15.7 Å². The van der Waals surface area contributed by atoms with Crippen molar-refractivity contribution in [2.75, 3.05) is 31.3 Å². The van der Waals surface area contributed by atoms with E-state index in [-0.39, 0.29) is 42.3 Å². The number of nitrogens with zero attached hydrogens (tertiary/aromatic N) is 2. The highest BCUT2D eigenvalue weighted by Gasteiger charge is 2.22. The minimum Gasteiger partial charge on any atom is -0.366 e. The number of aliphatic imine (C=N–C) groups is 1. The summed E-state index contributed by atoms with van der Waals surface area (Å²) < 4.78 is 37.0. The summed E-state index contributed by atoms with van der Waals surface area (Å²) in [7, 11) is -1.54. The van der Waals surface area contributed by atoms with Crippen LogP contribution in [0.4, 0.5) is 10.1 Å². The molecule has 0 radical (unpaired) electrons. The summed E-state index contributed by atoms with van der Waals surface area (Å²) in [6.07, 6.45) is 2.22. The average Bonchev–Trinajstić information content (AvgIpc) is 3.13. The van der Waals surface area contributed by atoms with Gasteiger partial charge in [0.05, 0.1) is 5.75 Å². The molecule has 0 saturated heterocycles. The number of sulfone groups is 1. The highest BCUT2D eigenvalue weighted by molar-refractivity contribution is 14.0. The van der Waals surface area contributed by atoms with Crippen molar-refractivity contribution >= 4 is 45.5 Å². The Hall–Kier alpha value is -1.88. The molecule has 170 valence electrons. The van der Waals surface area contributed by atoms with Crippen molar-refractivity contribution in [1.29, 1.82) is 0 Å². The molecule has 0 fully saturated rings. The molecule has 6 nitrogen and oxygen atoms in total. The normalized spacial score (nSPS) is 14.6. The number of benzene rings is 2. The lowest BCUT2D eigenvalue weighted by Gasteiger charge is -2.28. The van der Waals surface area contributed by atoms with Crippen LogP contribution in [-0.2, 0) is 28.6 Å². The fraction of sp³-hybridized carbons (Fsp3) is 0.409. The lowest BCUT2D eigenvalue weighted by Crippen LogP contribution is -2.45. The van der Waals surface area contributed by atoms with Gasteiger partial charge in [-0.15, -0.1) is 24.0 Å². The molecular weight excluding hydrogens is 530 g/mol. The van der Waals surface area contributed by atoms with Gasteiger partial charge in [0.1, 0.15) is 5.82 Å². The van der Waals surface area contributed by atoms with Gasteiger partial charge < -0.3 is 15.5 Å². The Labute approximate surface area is 201 Å². The Morgan fingerprint density at radius 1 is 1.19 bits per heavy atom. The van der Waals surface area contributed by atoms with E-state index in [1.165, 1.54) is 35.7 Å². The van der Waals surface area contributed by atoms with Gasteiger partial charge in [0.2, 0.25) is 0 Å². The lowest BCUT2D eigenvalue weighted by molar-refractivity contribution is 0.599. The average molecular weight is 560 g/mol. The van der Waals surface area contributed by atoms with E-state index in [0.717, 1.165) is 13.0 Å². The Bertz CT molecular complexity index is 1030. The SMILES string of the molecule is CN=C(NCc1cc(F)ccc1CS(C)(=O)=O)NCC(C)N1CCc2ccccc21.I. The Morgan fingerprint density at radius 3 is 2.65 bits per heavy atom. The van der Waals surface area contributed by atoms with Gasteiger partial charge in [0.15, 0.2) is 15.8 Å². The summed E-state index contributed by atoms with van der Waals surface area (Å²) in [5.41, 5.74) is 3.84. The van der Waals surface area contributed by atoms with E-state index in [1.54, 1.807) is 7.05 Å². The van der Waals surface area contributed by atoms with Crippen molar-refractivity contribution in [3.05, 3.63) is 65.0 Å².